The molecule has 1 aliphatic heterocycles. The molecule has 0 aliphatic carbocycles. The van der Waals surface area contributed by atoms with Gasteiger partial charge in [0.25, 0.3) is 10.1 Å². The molecule has 2 aromatic rings. The summed E-state index contributed by atoms with van der Waals surface area (Å²) in [6, 6.07) is 10.2. The Hall–Kier alpha value is -1.79. The molecule has 5 atom stereocenters. The topological polar surface area (TPSA) is 126 Å². The fourth-order valence-corrected chi connectivity index (χ4v) is 4.47. The summed E-state index contributed by atoms with van der Waals surface area (Å²) < 4.78 is 41.1. The first-order valence-corrected chi connectivity index (χ1v) is 10.4. The molecule has 1 heterocycles. The Morgan fingerprint density at radius 2 is 1.66 bits per heavy atom. The first-order chi connectivity index (χ1) is 13.7. The van der Waals surface area contributed by atoms with E-state index in [0.717, 1.165) is 11.1 Å². The van der Waals surface area contributed by atoms with Crippen molar-refractivity contribution < 1.29 is 37.4 Å². The van der Waals surface area contributed by atoms with E-state index in [1.165, 1.54) is 13.2 Å². The maximum Gasteiger partial charge on any atom is 0.297 e. The molecule has 1 aliphatic rings. The number of hydrogen-bond donors (Lipinski definition) is 3. The van der Waals surface area contributed by atoms with Gasteiger partial charge in [-0.1, -0.05) is 24.3 Å². The number of rotatable bonds is 6. The molecule has 10 heteroatoms. The lowest BCUT2D eigenvalue weighted by Crippen LogP contribution is -2.59. The molecule has 1 saturated heterocycles. The van der Waals surface area contributed by atoms with Gasteiger partial charge in [-0.3, -0.25) is 4.18 Å². The van der Waals surface area contributed by atoms with Crippen molar-refractivity contribution in [2.45, 2.75) is 35.6 Å². The molecule has 0 aromatic heterocycles. The number of ether oxygens (including phenoxy) is 2. The Morgan fingerprint density at radius 1 is 1.00 bits per heavy atom. The first-order valence-electron chi connectivity index (χ1n) is 8.98. The fraction of sp³-hybridized carbons (Fsp3) is 0.474. The van der Waals surface area contributed by atoms with Crippen LogP contribution in [0.4, 0.5) is 5.69 Å². The maximum absolute atomic E-state index is 12.9. The van der Waals surface area contributed by atoms with Gasteiger partial charge in [0.15, 0.2) is 6.29 Å². The molecule has 0 unspecified atom stereocenters. The molecule has 2 aromatic carbocycles. The van der Waals surface area contributed by atoms with Gasteiger partial charge < -0.3 is 29.7 Å². The summed E-state index contributed by atoms with van der Waals surface area (Å²) in [6.07, 6.45) is -7.00. The average molecular weight is 427 g/mol. The van der Waals surface area contributed by atoms with Crippen molar-refractivity contribution in [2.24, 2.45) is 0 Å². The summed E-state index contributed by atoms with van der Waals surface area (Å²) in [6.45, 7) is -0.559. The van der Waals surface area contributed by atoms with Crippen molar-refractivity contribution in [1.29, 1.82) is 0 Å². The van der Waals surface area contributed by atoms with Crippen LogP contribution >= 0.6 is 0 Å². The summed E-state index contributed by atoms with van der Waals surface area (Å²) in [5.41, 5.74) is 0.852. The summed E-state index contributed by atoms with van der Waals surface area (Å²) in [4.78, 5) is 1.86. The number of hydrogen-bond acceptors (Lipinski definition) is 9. The second-order valence-electron chi connectivity index (χ2n) is 7.01. The SMILES string of the molecule is CO[C@@H]1O[C@H](COS(=O)(=O)c2cccc3c(N(C)C)cccc23)[C@H](O)[C@H](O)[C@H]1O. The van der Waals surface area contributed by atoms with Gasteiger partial charge in [0.05, 0.1) is 6.61 Å². The van der Waals surface area contributed by atoms with E-state index in [2.05, 4.69) is 0 Å². The number of benzene rings is 2. The molecule has 1 fully saturated rings. The molecule has 0 spiro atoms. The number of aliphatic hydroxyl groups excluding tert-OH is 3. The standard InChI is InChI=1S/C19H25NO8S/c1-20(2)13-8-4-7-12-11(13)6-5-9-15(12)29(24,25)27-10-14-16(21)17(22)18(23)19(26-3)28-14/h4-9,14,16-19,21-23H,10H2,1-3H3/t14-,16+,17+,18-,19-/m1/s1. The van der Waals surface area contributed by atoms with Crippen LogP contribution in [0, 0.1) is 0 Å². The monoisotopic (exact) mass is 427 g/mol. The zero-order chi connectivity index (χ0) is 21.3. The van der Waals surface area contributed by atoms with Crippen molar-refractivity contribution in [3.05, 3.63) is 36.4 Å². The molecule has 0 saturated carbocycles. The Balaban J connectivity index is 1.86. The van der Waals surface area contributed by atoms with Gasteiger partial charge in [-0.25, -0.2) is 0 Å². The number of nitrogens with zero attached hydrogens (tertiary/aromatic N) is 1. The largest absolute Gasteiger partial charge is 0.387 e. The summed E-state index contributed by atoms with van der Waals surface area (Å²) in [5, 5.41) is 31.0. The molecule has 160 valence electrons. The smallest absolute Gasteiger partial charge is 0.297 e. The molecule has 0 amide bonds. The minimum atomic E-state index is -4.20. The molecule has 0 radical (unpaired) electrons. The van der Waals surface area contributed by atoms with Gasteiger partial charge in [-0.15, -0.1) is 0 Å². The van der Waals surface area contributed by atoms with Crippen molar-refractivity contribution in [2.75, 3.05) is 32.7 Å². The van der Waals surface area contributed by atoms with E-state index in [1.54, 1.807) is 18.2 Å². The predicted molar refractivity (Wildman–Crippen MR) is 105 cm³/mol. The van der Waals surface area contributed by atoms with E-state index in [1.807, 2.05) is 31.1 Å². The van der Waals surface area contributed by atoms with Crippen LogP contribution in [0.3, 0.4) is 0 Å². The number of anilines is 1. The zero-order valence-electron chi connectivity index (χ0n) is 16.3. The van der Waals surface area contributed by atoms with E-state index in [-0.39, 0.29) is 4.90 Å². The number of fused-ring (bicyclic) bond motifs is 1. The van der Waals surface area contributed by atoms with E-state index < -0.39 is 47.4 Å². The third-order valence-corrected chi connectivity index (χ3v) is 6.24. The van der Waals surface area contributed by atoms with E-state index in [4.69, 9.17) is 13.7 Å². The summed E-state index contributed by atoms with van der Waals surface area (Å²) in [7, 11) is 0.776. The van der Waals surface area contributed by atoms with Gasteiger partial charge in [0, 0.05) is 37.7 Å². The lowest BCUT2D eigenvalue weighted by Gasteiger charge is -2.39. The summed E-state index contributed by atoms with van der Waals surface area (Å²) >= 11 is 0. The highest BCUT2D eigenvalue weighted by atomic mass is 32.2. The van der Waals surface area contributed by atoms with Gasteiger partial charge in [-0.05, 0) is 12.1 Å². The van der Waals surface area contributed by atoms with Crippen LogP contribution in [0.25, 0.3) is 10.8 Å². The highest BCUT2D eigenvalue weighted by molar-refractivity contribution is 7.87. The molecule has 29 heavy (non-hydrogen) atoms. The zero-order valence-corrected chi connectivity index (χ0v) is 17.1. The number of methoxy groups -OCH3 is 1. The molecular formula is C19H25NO8S. The van der Waals surface area contributed by atoms with E-state index in [9.17, 15) is 23.7 Å². The molecule has 9 nitrogen and oxygen atoms in total. The lowest BCUT2D eigenvalue weighted by molar-refractivity contribution is -0.293. The van der Waals surface area contributed by atoms with Crippen LogP contribution in [-0.4, -0.2) is 82.3 Å². The minimum Gasteiger partial charge on any atom is -0.387 e. The third kappa shape index (κ3) is 4.24. The third-order valence-electron chi connectivity index (χ3n) is 4.90. The average Bonchev–Trinajstić information content (AvgIpc) is 2.70. The van der Waals surface area contributed by atoms with E-state index in [0.29, 0.717) is 5.39 Å². The van der Waals surface area contributed by atoms with E-state index >= 15 is 0 Å². The number of aliphatic hydroxyl groups is 3. The second-order valence-corrected chi connectivity index (χ2v) is 8.60. The Bertz CT molecular complexity index is 962. The van der Waals surface area contributed by atoms with Gasteiger partial charge in [0.2, 0.25) is 0 Å². The molecule has 0 bridgehead atoms. The van der Waals surface area contributed by atoms with Crippen molar-refractivity contribution >= 4 is 26.6 Å². The predicted octanol–water partition coefficient (Wildman–Crippen LogP) is 0.0651. The van der Waals surface area contributed by atoms with Crippen LogP contribution in [-0.2, 0) is 23.8 Å². The molecule has 3 N–H and O–H groups in total. The fourth-order valence-electron chi connectivity index (χ4n) is 3.34. The van der Waals surface area contributed by atoms with Crippen LogP contribution < -0.4 is 4.90 Å². The maximum atomic E-state index is 12.9. The Kier molecular flexibility index (Phi) is 6.44. The van der Waals surface area contributed by atoms with Crippen molar-refractivity contribution in [3.63, 3.8) is 0 Å². The molecule has 3 rings (SSSR count). The van der Waals surface area contributed by atoms with Gasteiger partial charge in [-0.2, -0.15) is 8.42 Å². The summed E-state index contributed by atoms with van der Waals surface area (Å²) in [5.74, 6) is 0. The van der Waals surface area contributed by atoms with Gasteiger partial charge >= 0.3 is 0 Å². The van der Waals surface area contributed by atoms with Crippen LogP contribution in [0.15, 0.2) is 41.3 Å². The van der Waals surface area contributed by atoms with Crippen LogP contribution in [0.5, 0.6) is 0 Å². The Morgan fingerprint density at radius 3 is 2.31 bits per heavy atom. The second kappa shape index (κ2) is 8.52. The lowest BCUT2D eigenvalue weighted by atomic mass is 9.99. The Labute approximate surface area is 169 Å². The minimum absolute atomic E-state index is 0.0205. The van der Waals surface area contributed by atoms with Crippen molar-refractivity contribution in [3.8, 4) is 0 Å². The highest BCUT2D eigenvalue weighted by Crippen LogP contribution is 2.31. The quantitative estimate of drug-likeness (QED) is 0.549. The normalized spacial score (nSPS) is 27.9. The highest BCUT2D eigenvalue weighted by Gasteiger charge is 2.44. The van der Waals surface area contributed by atoms with Gasteiger partial charge in [0.1, 0.15) is 29.3 Å². The van der Waals surface area contributed by atoms with Crippen molar-refractivity contribution in [1.82, 2.24) is 0 Å². The first kappa shape index (κ1) is 21.9. The van der Waals surface area contributed by atoms with Crippen LogP contribution in [0.1, 0.15) is 0 Å². The molecular weight excluding hydrogens is 402 g/mol. The van der Waals surface area contributed by atoms with Crippen LogP contribution in [0.2, 0.25) is 0 Å².